The summed E-state index contributed by atoms with van der Waals surface area (Å²) in [4.78, 5) is 24.4. The van der Waals surface area contributed by atoms with Crippen molar-refractivity contribution >= 4 is 12.3 Å². The van der Waals surface area contributed by atoms with Crippen molar-refractivity contribution < 1.29 is 23.8 Å². The molecule has 0 saturated carbocycles. The number of aldehydes is 1. The minimum absolute atomic E-state index is 0.0535. The van der Waals surface area contributed by atoms with Crippen LogP contribution in [0.5, 0.6) is 0 Å². The summed E-state index contributed by atoms with van der Waals surface area (Å²) < 4.78 is 21.3. The number of aromatic nitrogens is 1. The Bertz CT molecular complexity index is 1210. The topological polar surface area (TPSA) is 68.5 Å². The van der Waals surface area contributed by atoms with Crippen molar-refractivity contribution in [3.63, 3.8) is 0 Å². The molecular formula is C32H40FNO4. The third-order valence-electron chi connectivity index (χ3n) is 6.46. The molecule has 0 aliphatic rings. The van der Waals surface area contributed by atoms with Crippen LogP contribution in [-0.4, -0.2) is 33.6 Å². The number of nitrogens with zero attached hydrogens (tertiary/aromatic N) is 1. The molecule has 0 fully saturated rings. The molecule has 5 nitrogen and oxygen atoms in total. The number of carbonyl (C=O) groups excluding carboxylic acids is 2. The molecule has 0 saturated heterocycles. The van der Waals surface area contributed by atoms with E-state index in [2.05, 4.69) is 18.4 Å². The molecule has 2 aromatic carbocycles. The Hall–Kier alpha value is -3.25. The maximum absolute atomic E-state index is 13.8. The fraction of sp³-hybridized carbons (Fsp3) is 0.438. The minimum atomic E-state index is -0.558. The molecule has 1 aromatic heterocycles. The van der Waals surface area contributed by atoms with Crippen LogP contribution in [0.4, 0.5) is 4.39 Å². The number of hydrogen-bond acceptors (Lipinski definition) is 4. The number of rotatable bonds is 12. The van der Waals surface area contributed by atoms with Crippen molar-refractivity contribution in [3.8, 4) is 22.4 Å². The standard InChI is InChI=1S/C32H40FNO4/c1-22(2)30-27(21-35)29(23-11-7-6-8-12-23)31(24-15-17-25(33)18-16-24)34(30)20-19-26(36)13-9-10-14-28(37)38-32(3,4)5/h6-8,11-12,15-18,21-22,26,36H,9-10,13-14,19-20H2,1-5H3. The number of carbonyl (C=O) groups is 2. The second kappa shape index (κ2) is 13.0. The first-order valence-corrected chi connectivity index (χ1v) is 13.4. The number of halogens is 1. The van der Waals surface area contributed by atoms with Crippen LogP contribution >= 0.6 is 0 Å². The fourth-order valence-electron chi connectivity index (χ4n) is 4.90. The monoisotopic (exact) mass is 521 g/mol. The van der Waals surface area contributed by atoms with Gasteiger partial charge >= 0.3 is 5.97 Å². The van der Waals surface area contributed by atoms with Gasteiger partial charge in [0, 0.05) is 29.8 Å². The Morgan fingerprint density at radius 2 is 1.66 bits per heavy atom. The largest absolute Gasteiger partial charge is 0.460 e. The van der Waals surface area contributed by atoms with E-state index in [0.717, 1.165) is 34.4 Å². The van der Waals surface area contributed by atoms with Gasteiger partial charge in [-0.05, 0) is 81.3 Å². The summed E-state index contributed by atoms with van der Waals surface area (Å²) in [5.41, 5.74) is 4.42. The van der Waals surface area contributed by atoms with E-state index in [1.807, 2.05) is 51.1 Å². The van der Waals surface area contributed by atoms with Crippen molar-refractivity contribution in [1.29, 1.82) is 0 Å². The zero-order valence-electron chi connectivity index (χ0n) is 23.2. The number of benzene rings is 2. The molecule has 0 radical (unpaired) electrons. The molecule has 1 N–H and O–H groups in total. The second-order valence-electron chi connectivity index (χ2n) is 11.1. The lowest BCUT2D eigenvalue weighted by Gasteiger charge is -2.20. The highest BCUT2D eigenvalue weighted by atomic mass is 19.1. The highest BCUT2D eigenvalue weighted by Crippen LogP contribution is 2.41. The summed E-state index contributed by atoms with van der Waals surface area (Å²) >= 11 is 0. The average molecular weight is 522 g/mol. The van der Waals surface area contributed by atoms with Crippen molar-refractivity contribution in [2.24, 2.45) is 0 Å². The first-order chi connectivity index (χ1) is 18.0. The zero-order chi connectivity index (χ0) is 27.9. The molecule has 6 heteroatoms. The van der Waals surface area contributed by atoms with E-state index in [0.29, 0.717) is 44.2 Å². The number of unbranched alkanes of at least 4 members (excludes halogenated alkanes) is 1. The molecular weight excluding hydrogens is 481 g/mol. The first kappa shape index (κ1) is 29.3. The summed E-state index contributed by atoms with van der Waals surface area (Å²) in [6.07, 6.45) is 3.10. The number of hydrogen-bond donors (Lipinski definition) is 1. The highest BCUT2D eigenvalue weighted by Gasteiger charge is 2.26. The van der Waals surface area contributed by atoms with Crippen LogP contribution in [0.1, 0.15) is 88.7 Å². The van der Waals surface area contributed by atoms with Gasteiger partial charge in [-0.2, -0.15) is 0 Å². The fourth-order valence-corrected chi connectivity index (χ4v) is 4.90. The third-order valence-corrected chi connectivity index (χ3v) is 6.46. The summed E-state index contributed by atoms with van der Waals surface area (Å²) in [6, 6.07) is 16.1. The maximum Gasteiger partial charge on any atom is 0.306 e. The molecule has 0 aliphatic carbocycles. The van der Waals surface area contributed by atoms with Gasteiger partial charge in [0.15, 0.2) is 6.29 Å². The van der Waals surface area contributed by atoms with Gasteiger partial charge in [-0.25, -0.2) is 4.39 Å². The zero-order valence-corrected chi connectivity index (χ0v) is 23.2. The van der Waals surface area contributed by atoms with E-state index in [1.54, 1.807) is 12.1 Å². The molecule has 0 spiro atoms. The molecule has 0 aliphatic heterocycles. The highest BCUT2D eigenvalue weighted by molar-refractivity contribution is 5.97. The molecule has 1 heterocycles. The van der Waals surface area contributed by atoms with Crippen LogP contribution in [0.25, 0.3) is 22.4 Å². The third kappa shape index (κ3) is 7.64. The Balaban J connectivity index is 1.86. The van der Waals surface area contributed by atoms with Gasteiger partial charge in [-0.3, -0.25) is 9.59 Å². The maximum atomic E-state index is 13.8. The van der Waals surface area contributed by atoms with E-state index in [9.17, 15) is 19.1 Å². The second-order valence-corrected chi connectivity index (χ2v) is 11.1. The molecule has 1 atom stereocenters. The Kier molecular flexibility index (Phi) is 10.0. The SMILES string of the molecule is CC(C)c1c(C=O)c(-c2ccccc2)c(-c2ccc(F)cc2)n1CCC(O)CCCCC(=O)OC(C)(C)C. The molecule has 204 valence electrons. The average Bonchev–Trinajstić information content (AvgIpc) is 3.20. The molecule has 3 rings (SSSR count). The molecule has 38 heavy (non-hydrogen) atoms. The lowest BCUT2D eigenvalue weighted by molar-refractivity contribution is -0.154. The molecule has 3 aromatic rings. The number of ether oxygens (including phenoxy) is 1. The molecule has 0 bridgehead atoms. The van der Waals surface area contributed by atoms with Crippen LogP contribution in [-0.2, 0) is 16.1 Å². The van der Waals surface area contributed by atoms with Crippen molar-refractivity contribution in [2.45, 2.75) is 90.9 Å². The molecule has 1 unspecified atom stereocenters. The summed E-state index contributed by atoms with van der Waals surface area (Å²) in [5, 5.41) is 10.8. The van der Waals surface area contributed by atoms with Gasteiger partial charge < -0.3 is 14.4 Å². The quantitative estimate of drug-likeness (QED) is 0.152. The summed E-state index contributed by atoms with van der Waals surface area (Å²) in [7, 11) is 0. The van der Waals surface area contributed by atoms with E-state index >= 15 is 0 Å². The molecule has 0 amide bonds. The van der Waals surface area contributed by atoms with E-state index in [4.69, 9.17) is 4.74 Å². The number of esters is 1. The van der Waals surface area contributed by atoms with Gasteiger partial charge in [0.05, 0.1) is 11.8 Å². The van der Waals surface area contributed by atoms with Crippen LogP contribution in [0, 0.1) is 5.82 Å². The van der Waals surface area contributed by atoms with Crippen LogP contribution in [0.2, 0.25) is 0 Å². The van der Waals surface area contributed by atoms with Crippen LogP contribution < -0.4 is 0 Å². The number of aliphatic hydroxyl groups is 1. The number of aliphatic hydroxyl groups excluding tert-OH is 1. The van der Waals surface area contributed by atoms with E-state index in [1.165, 1.54) is 12.1 Å². The van der Waals surface area contributed by atoms with E-state index < -0.39 is 11.7 Å². The Labute approximate surface area is 225 Å². The Morgan fingerprint density at radius 1 is 1.00 bits per heavy atom. The predicted octanol–water partition coefficient (Wildman–Crippen LogP) is 7.55. The summed E-state index contributed by atoms with van der Waals surface area (Å²) in [5.74, 6) is -0.493. The van der Waals surface area contributed by atoms with Gasteiger partial charge in [0.25, 0.3) is 0 Å². The minimum Gasteiger partial charge on any atom is -0.460 e. The van der Waals surface area contributed by atoms with Gasteiger partial charge in [0.1, 0.15) is 11.4 Å². The lowest BCUT2D eigenvalue weighted by Crippen LogP contribution is -2.23. The normalized spacial score (nSPS) is 12.5. The van der Waals surface area contributed by atoms with Crippen LogP contribution in [0.15, 0.2) is 54.6 Å². The van der Waals surface area contributed by atoms with Gasteiger partial charge in [-0.1, -0.05) is 50.6 Å². The van der Waals surface area contributed by atoms with Gasteiger partial charge in [-0.15, -0.1) is 0 Å². The van der Waals surface area contributed by atoms with Crippen LogP contribution in [0.3, 0.4) is 0 Å². The Morgan fingerprint density at radius 3 is 2.24 bits per heavy atom. The van der Waals surface area contributed by atoms with Crippen molar-refractivity contribution in [1.82, 2.24) is 4.57 Å². The predicted molar refractivity (Wildman–Crippen MR) is 150 cm³/mol. The van der Waals surface area contributed by atoms with E-state index in [-0.39, 0.29) is 17.7 Å². The summed E-state index contributed by atoms with van der Waals surface area (Å²) in [6.45, 7) is 10.1. The van der Waals surface area contributed by atoms with Crippen molar-refractivity contribution in [2.75, 3.05) is 0 Å². The smallest absolute Gasteiger partial charge is 0.306 e. The van der Waals surface area contributed by atoms with Crippen molar-refractivity contribution in [3.05, 3.63) is 71.7 Å². The lowest BCUT2D eigenvalue weighted by atomic mass is 9.96. The van der Waals surface area contributed by atoms with Gasteiger partial charge in [0.2, 0.25) is 0 Å². The first-order valence-electron chi connectivity index (χ1n) is 13.4.